The summed E-state index contributed by atoms with van der Waals surface area (Å²) in [5, 5.41) is 11.8. The Morgan fingerprint density at radius 3 is 2.62 bits per heavy atom. The molecule has 0 aliphatic carbocycles. The van der Waals surface area contributed by atoms with Gasteiger partial charge in [0.25, 0.3) is 5.91 Å². The number of nitrogens with zero attached hydrogens (tertiary/aromatic N) is 4. The number of ether oxygens (including phenoxy) is 1. The number of rotatable bonds is 7. The second kappa shape index (κ2) is 10.2. The minimum Gasteiger partial charge on any atom is -0.486 e. The lowest BCUT2D eigenvalue weighted by Crippen LogP contribution is -2.15. The molecule has 6 aromatic rings. The number of imidazole rings is 1. The highest BCUT2D eigenvalue weighted by Gasteiger charge is 2.19. The fourth-order valence-electron chi connectivity index (χ4n) is 4.29. The predicted octanol–water partition coefficient (Wildman–Crippen LogP) is 4.81. The molecule has 6 rings (SSSR count). The summed E-state index contributed by atoms with van der Waals surface area (Å²) in [6.07, 6.45) is 3.15. The normalized spacial score (nSPS) is 11.1. The van der Waals surface area contributed by atoms with E-state index in [-0.39, 0.29) is 23.9 Å². The van der Waals surface area contributed by atoms with E-state index in [0.717, 1.165) is 16.5 Å². The lowest BCUT2D eigenvalue weighted by Gasteiger charge is -2.13. The van der Waals surface area contributed by atoms with Gasteiger partial charge in [-0.25, -0.2) is 9.37 Å². The average molecular weight is 520 g/mol. The second-order valence-corrected chi connectivity index (χ2v) is 8.88. The van der Waals surface area contributed by atoms with Crippen LogP contribution in [0.1, 0.15) is 21.5 Å². The number of amides is 1. The van der Waals surface area contributed by atoms with Crippen molar-refractivity contribution in [3.8, 4) is 5.75 Å². The molecular formula is C29H22FN7O2. The Balaban J connectivity index is 1.32. The van der Waals surface area contributed by atoms with E-state index in [1.165, 1.54) is 18.5 Å². The Kier molecular flexibility index (Phi) is 6.26. The maximum Gasteiger partial charge on any atom is 0.261 e. The molecule has 0 aliphatic heterocycles. The third-order valence-electron chi connectivity index (χ3n) is 6.22. The molecule has 39 heavy (non-hydrogen) atoms. The summed E-state index contributed by atoms with van der Waals surface area (Å²) in [5.74, 6) is -0.261. The van der Waals surface area contributed by atoms with Crippen molar-refractivity contribution in [3.63, 3.8) is 0 Å². The third kappa shape index (κ3) is 4.95. The van der Waals surface area contributed by atoms with Crippen molar-refractivity contribution in [2.24, 2.45) is 0 Å². The molecule has 9 nitrogen and oxygen atoms in total. The van der Waals surface area contributed by atoms with Crippen LogP contribution in [0.3, 0.4) is 0 Å². The fourth-order valence-corrected chi connectivity index (χ4v) is 4.29. The maximum absolute atomic E-state index is 13.5. The van der Waals surface area contributed by atoms with Crippen LogP contribution in [0.5, 0.6) is 5.75 Å². The molecule has 0 atom stereocenters. The first-order valence-corrected chi connectivity index (χ1v) is 12.1. The van der Waals surface area contributed by atoms with Crippen molar-refractivity contribution in [1.82, 2.24) is 24.5 Å². The number of aromatic nitrogens is 5. The van der Waals surface area contributed by atoms with Crippen molar-refractivity contribution in [3.05, 3.63) is 119 Å². The van der Waals surface area contributed by atoms with Gasteiger partial charge >= 0.3 is 0 Å². The molecule has 0 unspecified atom stereocenters. The van der Waals surface area contributed by atoms with Gasteiger partial charge in [0.1, 0.15) is 23.5 Å². The molecule has 0 spiro atoms. The van der Waals surface area contributed by atoms with E-state index in [4.69, 9.17) is 10.1 Å². The summed E-state index contributed by atoms with van der Waals surface area (Å²) in [4.78, 5) is 29.6. The summed E-state index contributed by atoms with van der Waals surface area (Å²) in [7, 11) is 0. The lowest BCUT2D eigenvalue weighted by atomic mass is 10.1. The van der Waals surface area contributed by atoms with Gasteiger partial charge in [0.2, 0.25) is 5.95 Å². The van der Waals surface area contributed by atoms with Crippen LogP contribution < -0.4 is 15.5 Å². The first kappa shape index (κ1) is 24.0. The highest BCUT2D eigenvalue weighted by molar-refractivity contribution is 6.09. The molecule has 0 saturated carbocycles. The zero-order chi connectivity index (χ0) is 26.8. The molecule has 0 saturated heterocycles. The number of anilines is 1. The Bertz CT molecular complexity index is 1870. The van der Waals surface area contributed by atoms with Crippen LogP contribution in [0.4, 0.5) is 10.3 Å². The van der Waals surface area contributed by atoms with Crippen molar-refractivity contribution in [2.45, 2.75) is 13.2 Å². The number of nitrogens with one attached hydrogen (secondary N) is 3. The van der Waals surface area contributed by atoms with Crippen LogP contribution in [0, 0.1) is 11.2 Å². The lowest BCUT2D eigenvalue weighted by molar-refractivity contribution is 0.102. The van der Waals surface area contributed by atoms with Gasteiger partial charge in [-0.3, -0.25) is 20.5 Å². The molecule has 0 aliphatic rings. The van der Waals surface area contributed by atoms with E-state index in [0.29, 0.717) is 34.5 Å². The number of carbonyl (C=O) groups excluding carboxylic acids is 1. The second-order valence-electron chi connectivity index (χ2n) is 8.88. The molecule has 0 fully saturated rings. The summed E-state index contributed by atoms with van der Waals surface area (Å²) in [5.41, 5.74) is 3.41. The van der Waals surface area contributed by atoms with E-state index in [1.807, 2.05) is 48.5 Å². The summed E-state index contributed by atoms with van der Waals surface area (Å²) < 4.78 is 21.2. The Morgan fingerprint density at radius 1 is 0.974 bits per heavy atom. The summed E-state index contributed by atoms with van der Waals surface area (Å²) >= 11 is 0. The average Bonchev–Trinajstić information content (AvgIpc) is 3.39. The van der Waals surface area contributed by atoms with Crippen LogP contribution >= 0.6 is 0 Å². The van der Waals surface area contributed by atoms with Gasteiger partial charge in [-0.2, -0.15) is 4.98 Å². The molecule has 10 heteroatoms. The number of H-pyrrole nitrogens is 1. The standard InChI is InChI=1S/C29H22FN7O2/c30-21-11-8-18(9-12-21)15-37-17-33-26(31)24-27(37)35-29(34-24)36-28(38)22-13-10-20-7-4-14-32-23(20)25(22)39-16-19-5-2-1-3-6-19/h1-14,17,31H,15-16H2,(H2,34,35,36,38). The van der Waals surface area contributed by atoms with E-state index in [9.17, 15) is 9.18 Å². The first-order valence-electron chi connectivity index (χ1n) is 12.1. The monoisotopic (exact) mass is 519 g/mol. The molecule has 3 aromatic carbocycles. The van der Waals surface area contributed by atoms with Crippen LogP contribution in [0.2, 0.25) is 0 Å². The number of hydrogen-bond acceptors (Lipinski definition) is 6. The predicted molar refractivity (Wildman–Crippen MR) is 144 cm³/mol. The number of aromatic amines is 1. The molecule has 0 bridgehead atoms. The van der Waals surface area contributed by atoms with Crippen molar-refractivity contribution >= 4 is 33.9 Å². The Morgan fingerprint density at radius 2 is 1.79 bits per heavy atom. The zero-order valence-electron chi connectivity index (χ0n) is 20.6. The number of hydrogen-bond donors (Lipinski definition) is 3. The highest BCUT2D eigenvalue weighted by atomic mass is 19.1. The van der Waals surface area contributed by atoms with Crippen LogP contribution in [-0.2, 0) is 13.2 Å². The smallest absolute Gasteiger partial charge is 0.261 e. The van der Waals surface area contributed by atoms with Gasteiger partial charge in [0.05, 0.1) is 18.4 Å². The van der Waals surface area contributed by atoms with Gasteiger partial charge in [-0.15, -0.1) is 0 Å². The number of benzene rings is 3. The van der Waals surface area contributed by atoms with Crippen LogP contribution in [0.25, 0.3) is 22.1 Å². The van der Waals surface area contributed by atoms with Gasteiger partial charge < -0.3 is 14.3 Å². The molecular weight excluding hydrogens is 497 g/mol. The first-order chi connectivity index (χ1) is 19.0. The van der Waals surface area contributed by atoms with Crippen molar-refractivity contribution in [2.75, 3.05) is 5.32 Å². The summed E-state index contributed by atoms with van der Waals surface area (Å²) in [6, 6.07) is 23.0. The van der Waals surface area contributed by atoms with Crippen LogP contribution in [0.15, 0.2) is 91.4 Å². The molecule has 192 valence electrons. The van der Waals surface area contributed by atoms with E-state index in [1.54, 1.807) is 29.0 Å². The van der Waals surface area contributed by atoms with Crippen molar-refractivity contribution < 1.29 is 13.9 Å². The molecule has 0 radical (unpaired) electrons. The van der Waals surface area contributed by atoms with E-state index in [2.05, 4.69) is 25.3 Å². The number of fused-ring (bicyclic) bond motifs is 2. The van der Waals surface area contributed by atoms with Crippen molar-refractivity contribution in [1.29, 1.82) is 5.41 Å². The highest BCUT2D eigenvalue weighted by Crippen LogP contribution is 2.30. The number of pyridine rings is 1. The maximum atomic E-state index is 13.5. The van der Waals surface area contributed by atoms with E-state index >= 15 is 0 Å². The van der Waals surface area contributed by atoms with Gasteiger partial charge in [0, 0.05) is 11.6 Å². The minimum atomic E-state index is -0.450. The topological polar surface area (TPSA) is 122 Å². The van der Waals surface area contributed by atoms with Crippen LogP contribution in [-0.4, -0.2) is 30.4 Å². The number of halogens is 1. The number of carbonyl (C=O) groups is 1. The minimum absolute atomic E-state index is 0.0184. The third-order valence-corrected chi connectivity index (χ3v) is 6.22. The van der Waals surface area contributed by atoms with Gasteiger partial charge in [-0.1, -0.05) is 54.6 Å². The van der Waals surface area contributed by atoms with E-state index < -0.39 is 5.91 Å². The SMILES string of the molecule is N=c1ncn(Cc2ccc(F)cc2)c2nc(NC(=O)c3ccc4cccnc4c3OCc3ccccc3)[nH]c12. The fraction of sp³-hybridized carbons (Fsp3) is 0.0690. The van der Waals surface area contributed by atoms with Gasteiger partial charge in [-0.05, 0) is 35.4 Å². The molecule has 3 aromatic heterocycles. The molecule has 1 amide bonds. The zero-order valence-corrected chi connectivity index (χ0v) is 20.6. The summed E-state index contributed by atoms with van der Waals surface area (Å²) in [6.45, 7) is 0.620. The quantitative estimate of drug-likeness (QED) is 0.280. The Labute approximate surface area is 221 Å². The van der Waals surface area contributed by atoms with Gasteiger partial charge in [0.15, 0.2) is 16.9 Å². The molecule has 3 heterocycles. The Hall–Kier alpha value is -5.38. The largest absolute Gasteiger partial charge is 0.486 e. The molecule has 3 N–H and O–H groups in total.